The number of primary amides is 1. The van der Waals surface area contributed by atoms with E-state index in [1.54, 1.807) is 12.0 Å². The van der Waals surface area contributed by atoms with Gasteiger partial charge in [-0.3, -0.25) is 9.59 Å². The van der Waals surface area contributed by atoms with E-state index >= 15 is 0 Å². The molecule has 0 radical (unpaired) electrons. The number of nitrogens with zero attached hydrogens (tertiary/aromatic N) is 2. The smallest absolute Gasteiger partial charge is 0.315 e. The lowest BCUT2D eigenvalue weighted by molar-refractivity contribution is -0.146. The maximum absolute atomic E-state index is 14.6. The minimum Gasteiger partial charge on any atom is -0.497 e. The molecule has 5 atom stereocenters. The average molecular weight is 672 g/mol. The lowest BCUT2D eigenvalue weighted by Gasteiger charge is -2.43. The number of likely N-dealkylation sites (tertiary alicyclic amines) is 1. The maximum Gasteiger partial charge on any atom is 0.315 e. The number of hydrogen-bond donors (Lipinski definition) is 4. The second kappa shape index (κ2) is 17.8. The average Bonchev–Trinajstić information content (AvgIpc) is 3.45. The fourth-order valence-corrected chi connectivity index (χ4v) is 7.09. The number of aliphatic hydroxyl groups is 1. The summed E-state index contributed by atoms with van der Waals surface area (Å²) in [6.45, 7) is 7.12. The van der Waals surface area contributed by atoms with Crippen molar-refractivity contribution in [1.82, 2.24) is 20.4 Å². The van der Waals surface area contributed by atoms with Crippen molar-refractivity contribution in [2.75, 3.05) is 26.7 Å². The van der Waals surface area contributed by atoms with E-state index in [9.17, 15) is 19.5 Å². The van der Waals surface area contributed by atoms with Crippen LogP contribution < -0.4 is 21.1 Å². The van der Waals surface area contributed by atoms with Crippen LogP contribution in [0.15, 0.2) is 84.9 Å². The van der Waals surface area contributed by atoms with Gasteiger partial charge in [0.1, 0.15) is 17.3 Å². The van der Waals surface area contributed by atoms with Crippen LogP contribution in [0.1, 0.15) is 56.7 Å². The van der Waals surface area contributed by atoms with Crippen LogP contribution in [-0.4, -0.2) is 83.2 Å². The Labute approximate surface area is 291 Å². The summed E-state index contributed by atoms with van der Waals surface area (Å²) in [5.41, 5.74) is 7.74. The summed E-state index contributed by atoms with van der Waals surface area (Å²) in [4.78, 5) is 44.8. The Hall–Kier alpha value is -4.41. The molecular weight excluding hydrogens is 618 g/mol. The zero-order chi connectivity index (χ0) is 35.4. The fourth-order valence-electron chi connectivity index (χ4n) is 7.09. The van der Waals surface area contributed by atoms with Crippen molar-refractivity contribution in [3.63, 3.8) is 0 Å². The predicted octanol–water partition coefficient (Wildman–Crippen LogP) is 4.29. The van der Waals surface area contributed by atoms with Gasteiger partial charge < -0.3 is 36.0 Å². The number of aliphatic hydroxyl groups excluding tert-OH is 1. The summed E-state index contributed by atoms with van der Waals surface area (Å²) < 4.78 is 5.34. The normalized spacial score (nSPS) is 18.4. The number of nitrogens with one attached hydrogen (secondary N) is 2. The number of urea groups is 1. The number of aryl methyl sites for hydroxylation is 1. The number of hydrogen-bond acceptors (Lipinski definition) is 6. The molecule has 4 amide bonds. The molecule has 1 saturated heterocycles. The largest absolute Gasteiger partial charge is 0.497 e. The SMILES string of the molecule is CC[C@H](C)C1(N(CC)C(N)=O)CCN([C@@H](CCc2ccccc2)C(=O)N[C@@H](Cc2ccccc2)[C@H](O)CNCc2cccc(OC)c2)C1=O. The third kappa shape index (κ3) is 9.19. The zero-order valence-corrected chi connectivity index (χ0v) is 29.3. The molecule has 1 heterocycles. The van der Waals surface area contributed by atoms with Crippen LogP contribution >= 0.6 is 0 Å². The van der Waals surface area contributed by atoms with E-state index in [1.807, 2.05) is 106 Å². The summed E-state index contributed by atoms with van der Waals surface area (Å²) in [7, 11) is 1.62. The van der Waals surface area contributed by atoms with Crippen molar-refractivity contribution in [2.24, 2.45) is 11.7 Å². The first-order valence-corrected chi connectivity index (χ1v) is 17.4. The predicted molar refractivity (Wildman–Crippen MR) is 192 cm³/mol. The molecule has 0 aromatic heterocycles. The molecule has 0 bridgehead atoms. The number of amides is 4. The molecule has 10 nitrogen and oxygen atoms in total. The molecule has 264 valence electrons. The minimum atomic E-state index is -1.13. The Morgan fingerprint density at radius 3 is 2.27 bits per heavy atom. The van der Waals surface area contributed by atoms with Crippen molar-refractivity contribution < 1.29 is 24.2 Å². The Balaban J connectivity index is 1.60. The van der Waals surface area contributed by atoms with Gasteiger partial charge in [-0.15, -0.1) is 0 Å². The molecule has 0 spiro atoms. The number of methoxy groups -OCH3 is 1. The molecule has 1 unspecified atom stereocenters. The van der Waals surface area contributed by atoms with Gasteiger partial charge in [-0.05, 0) is 67.3 Å². The Kier molecular flexibility index (Phi) is 13.6. The summed E-state index contributed by atoms with van der Waals surface area (Å²) in [6, 6.07) is 25.2. The second-order valence-corrected chi connectivity index (χ2v) is 13.0. The molecule has 1 aliphatic rings. The summed E-state index contributed by atoms with van der Waals surface area (Å²) in [5, 5.41) is 18.0. The molecule has 4 rings (SSSR count). The monoisotopic (exact) mass is 671 g/mol. The third-order valence-corrected chi connectivity index (χ3v) is 9.99. The summed E-state index contributed by atoms with van der Waals surface area (Å²) in [5.74, 6) is -0.00384. The van der Waals surface area contributed by atoms with Crippen molar-refractivity contribution in [1.29, 1.82) is 0 Å². The van der Waals surface area contributed by atoms with E-state index in [2.05, 4.69) is 10.6 Å². The van der Waals surface area contributed by atoms with Gasteiger partial charge >= 0.3 is 6.03 Å². The highest BCUT2D eigenvalue weighted by molar-refractivity contribution is 5.96. The van der Waals surface area contributed by atoms with Crippen LogP contribution in [0, 0.1) is 5.92 Å². The van der Waals surface area contributed by atoms with Crippen LogP contribution in [0.4, 0.5) is 4.79 Å². The highest BCUT2D eigenvalue weighted by Crippen LogP contribution is 2.39. The van der Waals surface area contributed by atoms with Gasteiger partial charge in [-0.1, -0.05) is 93.1 Å². The van der Waals surface area contributed by atoms with Crippen LogP contribution in [0.3, 0.4) is 0 Å². The number of carbonyl (C=O) groups is 3. The number of nitrogens with two attached hydrogens (primary N) is 1. The van der Waals surface area contributed by atoms with E-state index in [-0.39, 0.29) is 30.8 Å². The van der Waals surface area contributed by atoms with Gasteiger partial charge in [0.15, 0.2) is 0 Å². The lowest BCUT2D eigenvalue weighted by atomic mass is 9.80. The summed E-state index contributed by atoms with van der Waals surface area (Å²) >= 11 is 0. The topological polar surface area (TPSA) is 137 Å². The van der Waals surface area contributed by atoms with Crippen LogP contribution in [0.5, 0.6) is 5.75 Å². The highest BCUT2D eigenvalue weighted by Gasteiger charge is 2.56. The fraction of sp³-hybridized carbons (Fsp3) is 0.462. The molecular formula is C39H53N5O5. The molecule has 0 saturated carbocycles. The summed E-state index contributed by atoms with van der Waals surface area (Å²) in [6.07, 6.45) is 1.47. The van der Waals surface area contributed by atoms with Crippen molar-refractivity contribution >= 4 is 17.8 Å². The minimum absolute atomic E-state index is 0.168. The van der Waals surface area contributed by atoms with Gasteiger partial charge in [-0.2, -0.15) is 0 Å². The molecule has 5 N–H and O–H groups in total. The van der Waals surface area contributed by atoms with Crippen LogP contribution in [0.25, 0.3) is 0 Å². The maximum atomic E-state index is 14.6. The highest BCUT2D eigenvalue weighted by atomic mass is 16.5. The molecule has 1 fully saturated rings. The lowest BCUT2D eigenvalue weighted by Crippen LogP contribution is -2.63. The molecule has 49 heavy (non-hydrogen) atoms. The van der Waals surface area contributed by atoms with Crippen molar-refractivity contribution in [3.05, 3.63) is 102 Å². The molecule has 0 aliphatic carbocycles. The van der Waals surface area contributed by atoms with E-state index in [4.69, 9.17) is 10.5 Å². The first-order valence-electron chi connectivity index (χ1n) is 17.4. The molecule has 3 aromatic rings. The third-order valence-electron chi connectivity index (χ3n) is 9.99. The second-order valence-electron chi connectivity index (χ2n) is 13.0. The van der Waals surface area contributed by atoms with Crippen LogP contribution in [-0.2, 0) is 29.0 Å². The molecule has 3 aromatic carbocycles. The van der Waals surface area contributed by atoms with Crippen LogP contribution in [0.2, 0.25) is 0 Å². The number of ether oxygens (including phenoxy) is 1. The zero-order valence-electron chi connectivity index (χ0n) is 29.3. The number of likely N-dealkylation sites (N-methyl/N-ethyl adjacent to an activating group) is 1. The quantitative estimate of drug-likeness (QED) is 0.159. The Morgan fingerprint density at radius 2 is 1.65 bits per heavy atom. The van der Waals surface area contributed by atoms with Gasteiger partial charge in [0.2, 0.25) is 11.8 Å². The first kappa shape index (κ1) is 37.4. The van der Waals surface area contributed by atoms with Gasteiger partial charge in [0.05, 0.1) is 19.3 Å². The molecule has 10 heteroatoms. The van der Waals surface area contributed by atoms with Gasteiger partial charge in [-0.25, -0.2) is 4.79 Å². The Bertz CT molecular complexity index is 1510. The molecule has 1 aliphatic heterocycles. The number of rotatable bonds is 18. The van der Waals surface area contributed by atoms with Gasteiger partial charge in [0, 0.05) is 26.2 Å². The van der Waals surface area contributed by atoms with Gasteiger partial charge in [0.25, 0.3) is 0 Å². The van der Waals surface area contributed by atoms with E-state index in [1.165, 1.54) is 4.90 Å². The van der Waals surface area contributed by atoms with E-state index in [0.29, 0.717) is 45.2 Å². The Morgan fingerprint density at radius 1 is 1.00 bits per heavy atom. The number of benzene rings is 3. The van der Waals surface area contributed by atoms with Crippen molar-refractivity contribution in [2.45, 2.75) is 83.1 Å². The standard InChI is InChI=1S/C39H53N5O5/c1-5-28(3)39(44(6-2)38(40)48)22-23-43(37(39)47)34(21-20-29-14-9-7-10-15-29)36(46)42-33(25-30-16-11-8-12-17-30)35(45)27-41-26-31-18-13-19-32(24-31)49-4/h7-19,24,28,33-35,41,45H,5-6,20-23,25-27H2,1-4H3,(H2,40,48)(H,42,46)/t28-,33-,34-,35+,39?/m0/s1. The van der Waals surface area contributed by atoms with E-state index in [0.717, 1.165) is 22.4 Å². The number of carbonyl (C=O) groups excluding carboxylic acids is 3. The van der Waals surface area contributed by atoms with Crippen molar-refractivity contribution in [3.8, 4) is 5.75 Å². The first-order chi connectivity index (χ1) is 23.6. The van der Waals surface area contributed by atoms with E-state index < -0.39 is 29.8 Å².